The molecule has 2 fully saturated rings. The summed E-state index contributed by atoms with van der Waals surface area (Å²) in [6, 6.07) is 9.07. The Balaban J connectivity index is 1.33. The van der Waals surface area contributed by atoms with E-state index in [0.717, 1.165) is 49.7 Å². The maximum atomic E-state index is 13.0. The third kappa shape index (κ3) is 4.41. The number of carbonyl (C=O) groups excluding carboxylic acids is 1. The average Bonchev–Trinajstić information content (AvgIpc) is 3.48. The molecule has 0 spiro atoms. The van der Waals surface area contributed by atoms with Crippen molar-refractivity contribution in [2.24, 2.45) is 0 Å². The van der Waals surface area contributed by atoms with Gasteiger partial charge in [0.2, 0.25) is 0 Å². The average molecular weight is 396 g/mol. The number of hydrogen-bond acceptors (Lipinski definition) is 4. The first-order valence-corrected chi connectivity index (χ1v) is 10.8. The second kappa shape index (κ2) is 8.33. The normalized spacial score (nSPS) is 18.2. The van der Waals surface area contributed by atoms with Crippen LogP contribution in [0, 0.1) is 20.8 Å². The molecule has 0 unspecified atom stereocenters. The summed E-state index contributed by atoms with van der Waals surface area (Å²) in [5.41, 5.74) is 5.80. The van der Waals surface area contributed by atoms with Gasteiger partial charge in [-0.15, -0.1) is 0 Å². The zero-order valence-electron chi connectivity index (χ0n) is 18.2. The van der Waals surface area contributed by atoms with Crippen molar-refractivity contribution < 1.29 is 9.53 Å². The number of methoxy groups -OCH3 is 1. The molecule has 1 aliphatic carbocycles. The molecule has 4 rings (SSSR count). The summed E-state index contributed by atoms with van der Waals surface area (Å²) in [6.07, 6.45) is 2.50. The molecule has 0 bridgehead atoms. The summed E-state index contributed by atoms with van der Waals surface area (Å²) in [5, 5.41) is 0. The van der Waals surface area contributed by atoms with Crippen LogP contribution in [0.4, 0.5) is 0 Å². The summed E-state index contributed by atoms with van der Waals surface area (Å²) < 4.78 is 7.89. The minimum atomic E-state index is 0.263. The van der Waals surface area contributed by atoms with Crippen LogP contribution < -0.4 is 4.74 Å². The van der Waals surface area contributed by atoms with Gasteiger partial charge in [0.25, 0.3) is 0 Å². The number of Topliss-reactive ketones (excluding diaryl/α,β-unsaturated/α-hetero) is 1. The lowest BCUT2D eigenvalue weighted by Crippen LogP contribution is -2.47. The van der Waals surface area contributed by atoms with E-state index < -0.39 is 0 Å². The van der Waals surface area contributed by atoms with Gasteiger partial charge in [-0.2, -0.15) is 0 Å². The van der Waals surface area contributed by atoms with Crippen LogP contribution in [0.15, 0.2) is 24.3 Å². The van der Waals surface area contributed by atoms with Gasteiger partial charge >= 0.3 is 0 Å². The van der Waals surface area contributed by atoms with Crippen LogP contribution in [-0.2, 0) is 6.54 Å². The molecule has 29 heavy (non-hydrogen) atoms. The van der Waals surface area contributed by atoms with Crippen LogP contribution >= 0.6 is 0 Å². The van der Waals surface area contributed by atoms with Crippen LogP contribution in [0.3, 0.4) is 0 Å². The van der Waals surface area contributed by atoms with Crippen LogP contribution in [0.25, 0.3) is 0 Å². The number of piperazine rings is 1. The summed E-state index contributed by atoms with van der Waals surface area (Å²) in [7, 11) is 1.73. The van der Waals surface area contributed by atoms with E-state index in [0.29, 0.717) is 12.6 Å². The standard InChI is InChI=1S/C24H33N3O2/c1-17-5-8-24(29-4)20(13-17)15-25-9-11-26(12-10-25)16-23(28)22-14-18(2)27(19(22)3)21-6-7-21/h5,8,13-14,21H,6-7,9-12,15-16H2,1-4H3. The van der Waals surface area contributed by atoms with Gasteiger partial charge in [0, 0.05) is 61.3 Å². The van der Waals surface area contributed by atoms with Gasteiger partial charge in [-0.3, -0.25) is 14.6 Å². The number of ketones is 1. The van der Waals surface area contributed by atoms with Gasteiger partial charge in [-0.1, -0.05) is 17.7 Å². The number of aryl methyl sites for hydroxylation is 2. The Morgan fingerprint density at radius 1 is 1.03 bits per heavy atom. The Labute approximate surface area is 174 Å². The summed E-state index contributed by atoms with van der Waals surface area (Å²) in [6.45, 7) is 11.6. The van der Waals surface area contributed by atoms with Crippen molar-refractivity contribution in [1.82, 2.24) is 14.4 Å². The van der Waals surface area contributed by atoms with E-state index in [1.807, 2.05) is 0 Å². The maximum Gasteiger partial charge on any atom is 0.178 e. The van der Waals surface area contributed by atoms with E-state index in [9.17, 15) is 4.79 Å². The number of ether oxygens (including phenoxy) is 1. The van der Waals surface area contributed by atoms with Crippen molar-refractivity contribution in [3.8, 4) is 5.75 Å². The molecule has 2 heterocycles. The van der Waals surface area contributed by atoms with Crippen molar-refractivity contribution in [1.29, 1.82) is 0 Å². The highest BCUT2D eigenvalue weighted by Crippen LogP contribution is 2.38. The molecule has 0 atom stereocenters. The molecule has 1 aromatic heterocycles. The molecule has 156 valence electrons. The zero-order valence-corrected chi connectivity index (χ0v) is 18.2. The number of carbonyl (C=O) groups is 1. The van der Waals surface area contributed by atoms with Crippen molar-refractivity contribution in [3.05, 3.63) is 52.3 Å². The number of rotatable bonds is 7. The second-order valence-corrected chi connectivity index (χ2v) is 8.68. The molecule has 5 heteroatoms. The highest BCUT2D eigenvalue weighted by atomic mass is 16.5. The van der Waals surface area contributed by atoms with Crippen LogP contribution in [0.1, 0.15) is 51.8 Å². The molecule has 1 aromatic carbocycles. The van der Waals surface area contributed by atoms with Crippen molar-refractivity contribution in [2.45, 2.75) is 46.2 Å². The van der Waals surface area contributed by atoms with Crippen molar-refractivity contribution >= 4 is 5.78 Å². The van der Waals surface area contributed by atoms with Gasteiger partial charge in [0.15, 0.2) is 5.78 Å². The molecular formula is C24H33N3O2. The van der Waals surface area contributed by atoms with E-state index in [1.54, 1.807) is 7.11 Å². The third-order valence-electron chi connectivity index (χ3n) is 6.36. The fourth-order valence-corrected chi connectivity index (χ4v) is 4.62. The smallest absolute Gasteiger partial charge is 0.178 e. The fraction of sp³-hybridized carbons (Fsp3) is 0.542. The number of benzene rings is 1. The first-order chi connectivity index (χ1) is 14.0. The summed E-state index contributed by atoms with van der Waals surface area (Å²) in [4.78, 5) is 17.7. The highest BCUT2D eigenvalue weighted by molar-refractivity contribution is 5.99. The predicted octanol–water partition coefficient (Wildman–Crippen LogP) is 3.76. The summed E-state index contributed by atoms with van der Waals surface area (Å²) in [5.74, 6) is 1.22. The first-order valence-electron chi connectivity index (χ1n) is 10.8. The Hall–Kier alpha value is -2.11. The topological polar surface area (TPSA) is 37.7 Å². The lowest BCUT2D eigenvalue weighted by atomic mass is 10.1. The van der Waals surface area contributed by atoms with Crippen molar-refractivity contribution in [3.63, 3.8) is 0 Å². The minimum absolute atomic E-state index is 0.263. The predicted molar refractivity (Wildman–Crippen MR) is 116 cm³/mol. The highest BCUT2D eigenvalue weighted by Gasteiger charge is 2.29. The first kappa shape index (κ1) is 20.2. The molecular weight excluding hydrogens is 362 g/mol. The Morgan fingerprint density at radius 2 is 1.72 bits per heavy atom. The van der Waals surface area contributed by atoms with Crippen LogP contribution in [0.2, 0.25) is 0 Å². The third-order valence-corrected chi connectivity index (χ3v) is 6.36. The quantitative estimate of drug-likeness (QED) is 0.669. The second-order valence-electron chi connectivity index (χ2n) is 8.68. The van der Waals surface area contributed by atoms with E-state index in [1.165, 1.54) is 29.7 Å². The molecule has 2 aromatic rings. The van der Waals surface area contributed by atoms with Gasteiger partial charge in [0.05, 0.1) is 13.7 Å². The molecule has 1 saturated heterocycles. The molecule has 5 nitrogen and oxygen atoms in total. The SMILES string of the molecule is COc1ccc(C)cc1CN1CCN(CC(=O)c2cc(C)n(C3CC3)c2C)CC1. The van der Waals surface area contributed by atoms with Crippen LogP contribution in [0.5, 0.6) is 5.75 Å². The van der Waals surface area contributed by atoms with Gasteiger partial charge in [-0.25, -0.2) is 0 Å². The molecule has 0 amide bonds. The molecule has 1 aliphatic heterocycles. The Bertz CT molecular complexity index is 890. The van der Waals surface area contributed by atoms with E-state index in [4.69, 9.17) is 4.74 Å². The van der Waals surface area contributed by atoms with Gasteiger partial charge in [-0.05, 0) is 45.7 Å². The van der Waals surface area contributed by atoms with E-state index in [2.05, 4.69) is 59.4 Å². The fourth-order valence-electron chi connectivity index (χ4n) is 4.62. The number of aromatic nitrogens is 1. The van der Waals surface area contributed by atoms with E-state index in [-0.39, 0.29) is 5.78 Å². The Kier molecular flexibility index (Phi) is 5.79. The minimum Gasteiger partial charge on any atom is -0.496 e. The molecule has 1 saturated carbocycles. The zero-order chi connectivity index (χ0) is 20.5. The van der Waals surface area contributed by atoms with Crippen LogP contribution in [-0.4, -0.2) is 60.0 Å². The monoisotopic (exact) mass is 395 g/mol. The molecule has 0 radical (unpaired) electrons. The van der Waals surface area contributed by atoms with Crippen molar-refractivity contribution in [2.75, 3.05) is 39.8 Å². The number of nitrogens with zero attached hydrogens (tertiary/aromatic N) is 3. The number of hydrogen-bond donors (Lipinski definition) is 0. The van der Waals surface area contributed by atoms with Gasteiger partial charge < -0.3 is 9.30 Å². The maximum absolute atomic E-state index is 13.0. The molecule has 0 N–H and O–H groups in total. The Morgan fingerprint density at radius 3 is 2.38 bits per heavy atom. The van der Waals surface area contributed by atoms with Gasteiger partial charge in [0.1, 0.15) is 5.75 Å². The summed E-state index contributed by atoms with van der Waals surface area (Å²) >= 11 is 0. The largest absolute Gasteiger partial charge is 0.496 e. The lowest BCUT2D eigenvalue weighted by Gasteiger charge is -2.34. The lowest BCUT2D eigenvalue weighted by molar-refractivity contribution is 0.0842. The molecule has 2 aliphatic rings. The van der Waals surface area contributed by atoms with E-state index >= 15 is 0 Å².